The van der Waals surface area contributed by atoms with Crippen LogP contribution in [0.3, 0.4) is 0 Å². The summed E-state index contributed by atoms with van der Waals surface area (Å²) in [7, 11) is 8.48. The average molecular weight is 357 g/mol. The Morgan fingerprint density at radius 1 is 0.962 bits per heavy atom. The molecule has 0 saturated carbocycles. The number of hydrogen-bond acceptors (Lipinski definition) is 6. The highest BCUT2D eigenvalue weighted by Crippen LogP contribution is 2.38. The highest BCUT2D eigenvalue weighted by Gasteiger charge is 2.14. The summed E-state index contributed by atoms with van der Waals surface area (Å²) in [6, 6.07) is 10.7. The molecule has 0 aliphatic carbocycles. The third-order valence-corrected chi connectivity index (χ3v) is 3.75. The molecule has 1 amide bonds. The molecule has 0 atom stereocenters. The maximum Gasteiger partial charge on any atom is 0.271 e. The molecule has 0 saturated heterocycles. The van der Waals surface area contributed by atoms with Crippen molar-refractivity contribution in [3.8, 4) is 17.2 Å². The molecule has 0 fully saturated rings. The smallest absolute Gasteiger partial charge is 0.271 e. The molecule has 2 aromatic rings. The van der Waals surface area contributed by atoms with Crippen molar-refractivity contribution in [2.45, 2.75) is 0 Å². The van der Waals surface area contributed by atoms with Crippen molar-refractivity contribution in [1.82, 2.24) is 5.43 Å². The summed E-state index contributed by atoms with van der Waals surface area (Å²) in [5, 5.41) is 4.00. The van der Waals surface area contributed by atoms with Crippen LogP contribution in [0.4, 0.5) is 5.69 Å². The lowest BCUT2D eigenvalue weighted by molar-refractivity contribution is 0.0955. The van der Waals surface area contributed by atoms with Gasteiger partial charge in [0.1, 0.15) is 0 Å². The van der Waals surface area contributed by atoms with E-state index in [0.717, 1.165) is 5.69 Å². The maximum atomic E-state index is 12.2. The molecule has 1 N–H and O–H groups in total. The second-order valence-electron chi connectivity index (χ2n) is 5.56. The van der Waals surface area contributed by atoms with Gasteiger partial charge in [-0.2, -0.15) is 5.10 Å². The Kier molecular flexibility index (Phi) is 6.43. The molecule has 7 heteroatoms. The Morgan fingerprint density at radius 3 is 2.15 bits per heavy atom. The van der Waals surface area contributed by atoms with Gasteiger partial charge < -0.3 is 19.1 Å². The minimum Gasteiger partial charge on any atom is -0.493 e. The summed E-state index contributed by atoms with van der Waals surface area (Å²) in [5.74, 6) is 1.18. The van der Waals surface area contributed by atoms with Gasteiger partial charge in [-0.25, -0.2) is 5.43 Å². The van der Waals surface area contributed by atoms with E-state index < -0.39 is 0 Å². The fourth-order valence-electron chi connectivity index (χ4n) is 2.36. The van der Waals surface area contributed by atoms with E-state index in [2.05, 4.69) is 10.5 Å². The number of methoxy groups -OCH3 is 3. The van der Waals surface area contributed by atoms with Crippen LogP contribution in [0, 0.1) is 0 Å². The molecule has 0 aromatic heterocycles. The van der Waals surface area contributed by atoms with Gasteiger partial charge in [0.05, 0.1) is 27.5 Å². The van der Waals surface area contributed by atoms with E-state index in [4.69, 9.17) is 14.2 Å². The van der Waals surface area contributed by atoms with Gasteiger partial charge in [0.25, 0.3) is 5.91 Å². The number of hydrogen-bond donors (Lipinski definition) is 1. The second-order valence-corrected chi connectivity index (χ2v) is 5.56. The molecule has 2 rings (SSSR count). The van der Waals surface area contributed by atoms with Gasteiger partial charge in [-0.3, -0.25) is 4.79 Å². The lowest BCUT2D eigenvalue weighted by Gasteiger charge is -2.13. The van der Waals surface area contributed by atoms with E-state index in [-0.39, 0.29) is 5.91 Å². The molecule has 138 valence electrons. The number of nitrogens with zero attached hydrogens (tertiary/aromatic N) is 2. The van der Waals surface area contributed by atoms with Crippen molar-refractivity contribution >= 4 is 17.8 Å². The Balaban J connectivity index is 2.13. The largest absolute Gasteiger partial charge is 0.493 e. The Bertz CT molecular complexity index is 786. The van der Waals surface area contributed by atoms with Gasteiger partial charge in [0, 0.05) is 30.9 Å². The highest BCUT2D eigenvalue weighted by atomic mass is 16.5. The number of carbonyl (C=O) groups excluding carboxylic acids is 1. The van der Waals surface area contributed by atoms with Gasteiger partial charge in [-0.05, 0) is 36.4 Å². The molecule has 0 unspecified atom stereocenters. The third kappa shape index (κ3) is 4.24. The van der Waals surface area contributed by atoms with Gasteiger partial charge in [0.15, 0.2) is 11.5 Å². The number of ether oxygens (including phenoxy) is 3. The van der Waals surface area contributed by atoms with E-state index in [1.165, 1.54) is 20.4 Å². The summed E-state index contributed by atoms with van der Waals surface area (Å²) in [4.78, 5) is 14.1. The topological polar surface area (TPSA) is 72.4 Å². The normalized spacial score (nSPS) is 10.5. The fourth-order valence-corrected chi connectivity index (χ4v) is 2.36. The number of hydrazone groups is 1. The Labute approximate surface area is 153 Å². The number of carbonyl (C=O) groups is 1. The first kappa shape index (κ1) is 19.1. The standard InChI is InChI=1S/C19H23N3O4/c1-22(2)15-9-6-13(7-10-15)19(23)21-20-12-14-8-11-16(24-3)18(26-5)17(14)25-4/h6-12H,1-5H3,(H,21,23)/b20-12+. The van der Waals surface area contributed by atoms with Crippen LogP contribution in [-0.2, 0) is 0 Å². The first-order valence-corrected chi connectivity index (χ1v) is 7.91. The molecule has 0 heterocycles. The summed E-state index contributed by atoms with van der Waals surface area (Å²) in [6.07, 6.45) is 1.49. The second kappa shape index (κ2) is 8.75. The zero-order valence-electron chi connectivity index (χ0n) is 15.6. The van der Waals surface area contributed by atoms with Gasteiger partial charge in [-0.1, -0.05) is 0 Å². The monoisotopic (exact) mass is 357 g/mol. The van der Waals surface area contributed by atoms with Crippen LogP contribution in [0.1, 0.15) is 15.9 Å². The number of amides is 1. The van der Waals surface area contributed by atoms with Crippen molar-refractivity contribution in [3.05, 3.63) is 47.5 Å². The number of nitrogens with one attached hydrogen (secondary N) is 1. The van der Waals surface area contributed by atoms with Gasteiger partial charge >= 0.3 is 0 Å². The zero-order chi connectivity index (χ0) is 19.1. The van der Waals surface area contributed by atoms with Crippen molar-refractivity contribution in [2.24, 2.45) is 5.10 Å². The molecular formula is C19H23N3O4. The quantitative estimate of drug-likeness (QED) is 0.609. The maximum absolute atomic E-state index is 12.2. The van der Waals surface area contributed by atoms with E-state index in [1.807, 2.05) is 31.1 Å². The number of benzene rings is 2. The van der Waals surface area contributed by atoms with Gasteiger partial charge in [-0.15, -0.1) is 0 Å². The zero-order valence-corrected chi connectivity index (χ0v) is 15.6. The van der Waals surface area contributed by atoms with Crippen LogP contribution < -0.4 is 24.5 Å². The van der Waals surface area contributed by atoms with Crippen molar-refractivity contribution in [1.29, 1.82) is 0 Å². The molecule has 0 spiro atoms. The lowest BCUT2D eigenvalue weighted by atomic mass is 10.2. The molecule has 0 bridgehead atoms. The lowest BCUT2D eigenvalue weighted by Crippen LogP contribution is -2.18. The van der Waals surface area contributed by atoms with Gasteiger partial charge in [0.2, 0.25) is 5.75 Å². The summed E-state index contributed by atoms with van der Waals surface area (Å²) in [6.45, 7) is 0. The molecule has 26 heavy (non-hydrogen) atoms. The summed E-state index contributed by atoms with van der Waals surface area (Å²) in [5.41, 5.74) is 4.68. The van der Waals surface area contributed by atoms with Crippen LogP contribution in [0.25, 0.3) is 0 Å². The van der Waals surface area contributed by atoms with Crippen LogP contribution >= 0.6 is 0 Å². The van der Waals surface area contributed by atoms with Crippen LogP contribution in [-0.4, -0.2) is 47.5 Å². The van der Waals surface area contributed by atoms with E-state index >= 15 is 0 Å². The van der Waals surface area contributed by atoms with E-state index in [0.29, 0.717) is 28.4 Å². The summed E-state index contributed by atoms with van der Waals surface area (Å²) < 4.78 is 15.9. The molecule has 2 aromatic carbocycles. The molecule has 7 nitrogen and oxygen atoms in total. The molecule has 0 aliphatic heterocycles. The highest BCUT2D eigenvalue weighted by molar-refractivity contribution is 5.95. The molecule has 0 radical (unpaired) electrons. The van der Waals surface area contributed by atoms with E-state index in [1.54, 1.807) is 31.4 Å². The molecular weight excluding hydrogens is 334 g/mol. The van der Waals surface area contributed by atoms with Crippen LogP contribution in [0.5, 0.6) is 17.2 Å². The summed E-state index contributed by atoms with van der Waals surface area (Å²) >= 11 is 0. The number of rotatable bonds is 7. The van der Waals surface area contributed by atoms with Crippen molar-refractivity contribution < 1.29 is 19.0 Å². The minimum atomic E-state index is -0.300. The van der Waals surface area contributed by atoms with Crippen molar-refractivity contribution in [2.75, 3.05) is 40.3 Å². The fraction of sp³-hybridized carbons (Fsp3) is 0.263. The Morgan fingerprint density at radius 2 is 1.62 bits per heavy atom. The third-order valence-electron chi connectivity index (χ3n) is 3.75. The number of anilines is 1. The first-order chi connectivity index (χ1) is 12.5. The van der Waals surface area contributed by atoms with Crippen molar-refractivity contribution in [3.63, 3.8) is 0 Å². The first-order valence-electron chi connectivity index (χ1n) is 7.91. The average Bonchev–Trinajstić information content (AvgIpc) is 2.67. The Hall–Kier alpha value is -3.22. The van der Waals surface area contributed by atoms with Crippen LogP contribution in [0.15, 0.2) is 41.5 Å². The minimum absolute atomic E-state index is 0.300. The van der Waals surface area contributed by atoms with E-state index in [9.17, 15) is 4.79 Å². The predicted octanol–water partition coefficient (Wildman–Crippen LogP) is 2.54. The SMILES string of the molecule is COc1ccc(/C=N/NC(=O)c2ccc(N(C)C)cc2)c(OC)c1OC. The molecule has 0 aliphatic rings. The van der Waals surface area contributed by atoms with Crippen LogP contribution in [0.2, 0.25) is 0 Å². The predicted molar refractivity (Wildman–Crippen MR) is 102 cm³/mol.